The van der Waals surface area contributed by atoms with E-state index in [1.807, 2.05) is 38.1 Å². The van der Waals surface area contributed by atoms with Crippen LogP contribution in [0, 0.1) is 19.7 Å². The van der Waals surface area contributed by atoms with E-state index in [1.165, 1.54) is 13.0 Å². The summed E-state index contributed by atoms with van der Waals surface area (Å²) in [7, 11) is 0. The number of nitrogens with one attached hydrogen (secondary N) is 1. The van der Waals surface area contributed by atoms with Crippen molar-refractivity contribution in [3.63, 3.8) is 0 Å². The number of anilines is 1. The van der Waals surface area contributed by atoms with Gasteiger partial charge in [-0.3, -0.25) is 9.59 Å². The van der Waals surface area contributed by atoms with Crippen molar-refractivity contribution >= 4 is 17.6 Å². The Kier molecular flexibility index (Phi) is 7.06. The second-order valence-corrected chi connectivity index (χ2v) is 9.13. The van der Waals surface area contributed by atoms with Gasteiger partial charge in [-0.15, -0.1) is 0 Å². The second-order valence-electron chi connectivity index (χ2n) is 9.13. The van der Waals surface area contributed by atoms with Crippen molar-refractivity contribution < 1.29 is 18.7 Å². The third-order valence-electron chi connectivity index (χ3n) is 6.48. The molecule has 1 amide bonds. The first-order valence-electron chi connectivity index (χ1n) is 12.4. The fourth-order valence-corrected chi connectivity index (χ4v) is 4.38. The molecule has 5 aromatic rings. The molecule has 4 aromatic carbocycles. The molecule has 7 heteroatoms. The third-order valence-corrected chi connectivity index (χ3v) is 6.48. The summed E-state index contributed by atoms with van der Waals surface area (Å²) in [6.07, 6.45) is 0. The number of amides is 1. The highest BCUT2D eigenvalue weighted by atomic mass is 19.1. The van der Waals surface area contributed by atoms with Crippen molar-refractivity contribution in [2.45, 2.75) is 20.8 Å². The number of esters is 1. The van der Waals surface area contributed by atoms with Crippen molar-refractivity contribution in [2.24, 2.45) is 0 Å². The number of benzene rings is 4. The van der Waals surface area contributed by atoms with Gasteiger partial charge in [-0.25, -0.2) is 4.39 Å². The Morgan fingerprint density at radius 1 is 0.846 bits per heavy atom. The number of nitrogens with zero attached hydrogens (tertiary/aromatic N) is 2. The molecule has 5 rings (SSSR count). The standard InChI is InChI=1S/C32H26FN3O3/c1-20-10-9-15-28(21(20)2)36-32(39-22(3)37)29(30(35-36)26-13-7-8-14-27(26)33)23-16-18-25(19-17-23)34-31(38)24-11-5-4-6-12-24/h4-19H,1-3H3,(H,34,38). The van der Waals surface area contributed by atoms with E-state index in [0.29, 0.717) is 33.8 Å². The molecule has 0 atom stereocenters. The summed E-state index contributed by atoms with van der Waals surface area (Å²) >= 11 is 0. The van der Waals surface area contributed by atoms with E-state index in [0.717, 1.165) is 11.1 Å². The molecule has 1 N–H and O–H groups in total. The van der Waals surface area contributed by atoms with Gasteiger partial charge in [-0.2, -0.15) is 9.78 Å². The van der Waals surface area contributed by atoms with Gasteiger partial charge in [0.05, 0.1) is 11.3 Å². The topological polar surface area (TPSA) is 73.2 Å². The predicted molar refractivity (Wildman–Crippen MR) is 150 cm³/mol. The highest BCUT2D eigenvalue weighted by Gasteiger charge is 2.26. The molecule has 0 fully saturated rings. The van der Waals surface area contributed by atoms with Gasteiger partial charge < -0.3 is 10.1 Å². The van der Waals surface area contributed by atoms with Crippen molar-refractivity contribution in [1.82, 2.24) is 9.78 Å². The molecule has 1 heterocycles. The van der Waals surface area contributed by atoms with E-state index in [9.17, 15) is 9.59 Å². The van der Waals surface area contributed by atoms with Crippen LogP contribution in [0.3, 0.4) is 0 Å². The van der Waals surface area contributed by atoms with Gasteiger partial charge in [0, 0.05) is 23.7 Å². The Labute approximate surface area is 225 Å². The molecule has 0 unspecified atom stereocenters. The normalized spacial score (nSPS) is 10.8. The maximum Gasteiger partial charge on any atom is 0.309 e. The van der Waals surface area contributed by atoms with Crippen LogP contribution in [0.1, 0.15) is 28.4 Å². The van der Waals surface area contributed by atoms with Crippen molar-refractivity contribution in [2.75, 3.05) is 5.32 Å². The largest absolute Gasteiger partial charge is 0.407 e. The quantitative estimate of drug-likeness (QED) is 0.242. The zero-order valence-corrected chi connectivity index (χ0v) is 21.7. The van der Waals surface area contributed by atoms with Gasteiger partial charge in [0.25, 0.3) is 5.91 Å². The fraction of sp³-hybridized carbons (Fsp3) is 0.0938. The molecular weight excluding hydrogens is 493 g/mol. The summed E-state index contributed by atoms with van der Waals surface area (Å²) < 4.78 is 22.4. The molecule has 0 aliphatic heterocycles. The van der Waals surface area contributed by atoms with E-state index in [1.54, 1.807) is 71.4 Å². The maximum atomic E-state index is 15.1. The SMILES string of the molecule is CC(=O)Oc1c(-c2ccc(NC(=O)c3ccccc3)cc2)c(-c2ccccc2F)nn1-c1cccc(C)c1C. The summed E-state index contributed by atoms with van der Waals surface area (Å²) in [5.41, 5.74) is 5.49. The molecule has 194 valence electrons. The first kappa shape index (κ1) is 25.6. The van der Waals surface area contributed by atoms with E-state index in [-0.39, 0.29) is 17.4 Å². The van der Waals surface area contributed by atoms with Gasteiger partial charge in [-0.1, -0.05) is 54.6 Å². The van der Waals surface area contributed by atoms with Crippen molar-refractivity contribution in [3.05, 3.63) is 120 Å². The molecule has 0 bridgehead atoms. The summed E-state index contributed by atoms with van der Waals surface area (Å²) in [5.74, 6) is -1.05. The van der Waals surface area contributed by atoms with Crippen LogP contribution in [0.2, 0.25) is 0 Å². The average molecular weight is 520 g/mol. The van der Waals surface area contributed by atoms with E-state index in [4.69, 9.17) is 9.84 Å². The highest BCUT2D eigenvalue weighted by molar-refractivity contribution is 6.04. The van der Waals surface area contributed by atoms with Crippen LogP contribution in [0.4, 0.5) is 10.1 Å². The molecule has 0 saturated carbocycles. The Balaban J connectivity index is 1.66. The minimum atomic E-state index is -0.533. The molecule has 39 heavy (non-hydrogen) atoms. The maximum absolute atomic E-state index is 15.1. The van der Waals surface area contributed by atoms with Crippen LogP contribution < -0.4 is 10.1 Å². The lowest BCUT2D eigenvalue weighted by Crippen LogP contribution is -2.11. The van der Waals surface area contributed by atoms with Crippen molar-refractivity contribution in [1.29, 1.82) is 0 Å². The Morgan fingerprint density at radius 2 is 1.54 bits per heavy atom. The number of aryl methyl sites for hydroxylation is 1. The van der Waals surface area contributed by atoms with Crippen LogP contribution >= 0.6 is 0 Å². The molecule has 0 spiro atoms. The van der Waals surface area contributed by atoms with Crippen LogP contribution in [0.15, 0.2) is 97.1 Å². The number of aromatic nitrogens is 2. The number of hydrogen-bond acceptors (Lipinski definition) is 4. The zero-order chi connectivity index (χ0) is 27.5. The molecule has 1 aromatic heterocycles. The Bertz CT molecular complexity index is 1680. The molecule has 0 radical (unpaired) electrons. The number of ether oxygens (including phenoxy) is 1. The zero-order valence-electron chi connectivity index (χ0n) is 21.7. The fourth-order valence-electron chi connectivity index (χ4n) is 4.38. The lowest BCUT2D eigenvalue weighted by molar-refractivity contribution is -0.132. The van der Waals surface area contributed by atoms with Gasteiger partial charge in [0.15, 0.2) is 0 Å². The summed E-state index contributed by atoms with van der Waals surface area (Å²) in [6.45, 7) is 5.25. The summed E-state index contributed by atoms with van der Waals surface area (Å²) in [5, 5.41) is 7.66. The third kappa shape index (κ3) is 5.20. The number of carbonyl (C=O) groups is 2. The van der Waals surface area contributed by atoms with Gasteiger partial charge in [0.2, 0.25) is 5.88 Å². The van der Waals surface area contributed by atoms with Crippen molar-refractivity contribution in [3.8, 4) is 34.0 Å². The monoisotopic (exact) mass is 519 g/mol. The molecule has 0 saturated heterocycles. The van der Waals surface area contributed by atoms with Crippen LogP contribution in [0.5, 0.6) is 5.88 Å². The van der Waals surface area contributed by atoms with Crippen LogP contribution in [-0.4, -0.2) is 21.7 Å². The predicted octanol–water partition coefficient (Wildman–Crippen LogP) is 7.14. The number of hydrogen-bond donors (Lipinski definition) is 1. The highest BCUT2D eigenvalue weighted by Crippen LogP contribution is 2.42. The lowest BCUT2D eigenvalue weighted by Gasteiger charge is -2.13. The van der Waals surface area contributed by atoms with E-state index >= 15 is 4.39 Å². The number of rotatable bonds is 6. The molecule has 6 nitrogen and oxygen atoms in total. The minimum Gasteiger partial charge on any atom is -0.407 e. The number of halogens is 1. The van der Waals surface area contributed by atoms with Crippen LogP contribution in [-0.2, 0) is 4.79 Å². The molecule has 0 aliphatic rings. The second kappa shape index (κ2) is 10.8. The van der Waals surface area contributed by atoms with Crippen LogP contribution in [0.25, 0.3) is 28.1 Å². The van der Waals surface area contributed by atoms with Gasteiger partial charge >= 0.3 is 5.97 Å². The Morgan fingerprint density at radius 3 is 2.23 bits per heavy atom. The van der Waals surface area contributed by atoms with Gasteiger partial charge in [-0.05, 0) is 73.0 Å². The first-order chi connectivity index (χ1) is 18.8. The number of carbonyl (C=O) groups excluding carboxylic acids is 2. The molecule has 0 aliphatic carbocycles. The lowest BCUT2D eigenvalue weighted by atomic mass is 10.0. The summed E-state index contributed by atoms with van der Waals surface area (Å²) in [6, 6.07) is 28.0. The van der Waals surface area contributed by atoms with E-state index in [2.05, 4.69) is 5.32 Å². The van der Waals surface area contributed by atoms with E-state index < -0.39 is 11.8 Å². The molecular formula is C32H26FN3O3. The Hall–Kier alpha value is -5.04. The average Bonchev–Trinajstić information content (AvgIpc) is 3.29. The summed E-state index contributed by atoms with van der Waals surface area (Å²) in [4.78, 5) is 24.9. The smallest absolute Gasteiger partial charge is 0.309 e. The minimum absolute atomic E-state index is 0.176. The van der Waals surface area contributed by atoms with Gasteiger partial charge in [0.1, 0.15) is 11.5 Å². The first-order valence-corrected chi connectivity index (χ1v) is 12.4.